The molecule has 1 saturated heterocycles. The summed E-state index contributed by atoms with van der Waals surface area (Å²) in [5.41, 5.74) is 0.667. The van der Waals surface area contributed by atoms with Crippen LogP contribution in [0.4, 0.5) is 0 Å². The maximum Gasteiger partial charge on any atom is 0.344 e. The lowest BCUT2D eigenvalue weighted by Crippen LogP contribution is -2.30. The fraction of sp³-hybridized carbons (Fsp3) is 0.562. The zero-order valence-electron chi connectivity index (χ0n) is 14.0. The Morgan fingerprint density at radius 1 is 1.33 bits per heavy atom. The third kappa shape index (κ3) is 5.78. The molecule has 134 valence electrons. The average Bonchev–Trinajstić information content (AvgIpc) is 2.50. The predicted octanol–water partition coefficient (Wildman–Crippen LogP) is 3.84. The fourth-order valence-corrected chi connectivity index (χ4v) is 3.95. The van der Waals surface area contributed by atoms with E-state index in [2.05, 4.69) is 0 Å². The molecule has 1 heterocycles. The summed E-state index contributed by atoms with van der Waals surface area (Å²) >= 11 is 5.86. The minimum atomic E-state index is -3.17. The van der Waals surface area contributed by atoms with E-state index >= 15 is 0 Å². The number of ether oxygens (including phenoxy) is 2. The van der Waals surface area contributed by atoms with Crippen molar-refractivity contribution >= 4 is 25.2 Å². The number of esters is 1. The molecule has 1 fully saturated rings. The fourth-order valence-electron chi connectivity index (χ4n) is 1.98. The molecule has 1 aliphatic rings. The molecule has 1 aliphatic heterocycles. The number of rotatable bonds is 6. The number of benzene rings is 1. The van der Waals surface area contributed by atoms with Gasteiger partial charge in [0.25, 0.3) is 0 Å². The molecular weight excluding hydrogens is 355 g/mol. The molecule has 0 radical (unpaired) electrons. The zero-order valence-corrected chi connectivity index (χ0v) is 15.7. The van der Waals surface area contributed by atoms with Gasteiger partial charge in [-0.1, -0.05) is 25.4 Å². The molecule has 0 aromatic heterocycles. The Morgan fingerprint density at radius 2 is 2.00 bits per heavy atom. The monoisotopic (exact) mass is 376 g/mol. The Kier molecular flexibility index (Phi) is 6.32. The summed E-state index contributed by atoms with van der Waals surface area (Å²) in [6.45, 7) is 6.20. The first-order chi connectivity index (χ1) is 11.2. The summed E-state index contributed by atoms with van der Waals surface area (Å²) in [5, 5.41) is 0.600. The minimum Gasteiger partial charge on any atom is -0.482 e. The largest absolute Gasteiger partial charge is 0.482 e. The van der Waals surface area contributed by atoms with Gasteiger partial charge in [0.1, 0.15) is 12.4 Å². The van der Waals surface area contributed by atoms with Gasteiger partial charge >= 0.3 is 13.6 Å². The number of halogens is 1. The Balaban J connectivity index is 1.71. The average molecular weight is 377 g/mol. The summed E-state index contributed by atoms with van der Waals surface area (Å²) in [6, 6.07) is 5.11. The smallest absolute Gasteiger partial charge is 0.344 e. The van der Waals surface area contributed by atoms with E-state index in [9.17, 15) is 9.36 Å². The Bertz CT molecular complexity index is 631. The van der Waals surface area contributed by atoms with Crippen molar-refractivity contribution in [2.45, 2.75) is 20.8 Å². The van der Waals surface area contributed by atoms with Crippen LogP contribution in [0.25, 0.3) is 0 Å². The maximum atomic E-state index is 12.3. The summed E-state index contributed by atoms with van der Waals surface area (Å²) in [4.78, 5) is 11.7. The molecule has 1 aromatic rings. The molecule has 0 spiro atoms. The molecule has 24 heavy (non-hydrogen) atoms. The van der Waals surface area contributed by atoms with Crippen LogP contribution in [0.3, 0.4) is 0 Å². The molecule has 0 bridgehead atoms. The first-order valence-corrected chi connectivity index (χ1v) is 9.72. The van der Waals surface area contributed by atoms with Gasteiger partial charge in [-0.15, -0.1) is 0 Å². The third-order valence-electron chi connectivity index (χ3n) is 3.41. The van der Waals surface area contributed by atoms with E-state index in [1.54, 1.807) is 18.2 Å². The van der Waals surface area contributed by atoms with Gasteiger partial charge in [-0.25, -0.2) is 4.79 Å². The van der Waals surface area contributed by atoms with E-state index < -0.39 is 13.6 Å². The van der Waals surface area contributed by atoms with Crippen molar-refractivity contribution < 1.29 is 27.9 Å². The van der Waals surface area contributed by atoms with E-state index in [1.165, 1.54) is 0 Å². The molecular formula is C16H22ClO6P. The van der Waals surface area contributed by atoms with Crippen LogP contribution in [0.1, 0.15) is 19.4 Å². The normalized spacial score (nSPS) is 18.8. The lowest BCUT2D eigenvalue weighted by atomic mass is 9.97. The molecule has 0 unspecified atom stereocenters. The number of carbonyl (C=O) groups excluding carboxylic acids is 1. The topological polar surface area (TPSA) is 71.1 Å². The number of hydrogen-bond donors (Lipinski definition) is 0. The van der Waals surface area contributed by atoms with E-state index in [0.29, 0.717) is 24.0 Å². The number of hydrogen-bond acceptors (Lipinski definition) is 6. The van der Waals surface area contributed by atoms with Crippen molar-refractivity contribution in [3.63, 3.8) is 0 Å². The molecule has 8 heteroatoms. The lowest BCUT2D eigenvalue weighted by Gasteiger charge is -2.33. The van der Waals surface area contributed by atoms with Crippen molar-refractivity contribution in [3.05, 3.63) is 28.8 Å². The molecule has 1 aromatic carbocycles. The van der Waals surface area contributed by atoms with Crippen molar-refractivity contribution in [2.75, 3.05) is 32.6 Å². The summed E-state index contributed by atoms with van der Waals surface area (Å²) in [6.07, 6.45) is 0.0365. The van der Waals surface area contributed by atoms with E-state index in [1.807, 2.05) is 20.8 Å². The second-order valence-electron chi connectivity index (χ2n) is 6.46. The van der Waals surface area contributed by atoms with Crippen molar-refractivity contribution in [3.8, 4) is 5.75 Å². The van der Waals surface area contributed by atoms with Gasteiger partial charge in [-0.3, -0.25) is 4.57 Å². The van der Waals surface area contributed by atoms with Gasteiger partial charge in [0.05, 0.1) is 19.4 Å². The highest BCUT2D eigenvalue weighted by atomic mass is 35.5. The van der Waals surface area contributed by atoms with Crippen LogP contribution in [0.5, 0.6) is 5.75 Å². The zero-order chi connectivity index (χ0) is 17.8. The Hall–Kier alpha value is -1.07. The number of aryl methyl sites for hydroxylation is 1. The first kappa shape index (κ1) is 19.3. The van der Waals surface area contributed by atoms with Crippen LogP contribution < -0.4 is 4.74 Å². The van der Waals surface area contributed by atoms with Gasteiger partial charge in [-0.05, 0) is 30.7 Å². The molecule has 0 N–H and O–H groups in total. The van der Waals surface area contributed by atoms with Crippen LogP contribution in [0, 0.1) is 12.3 Å². The van der Waals surface area contributed by atoms with Crippen LogP contribution in [0.15, 0.2) is 18.2 Å². The molecule has 0 aliphatic carbocycles. The van der Waals surface area contributed by atoms with Crippen LogP contribution in [-0.4, -0.2) is 38.6 Å². The quantitative estimate of drug-likeness (QED) is 0.555. The van der Waals surface area contributed by atoms with Gasteiger partial charge in [0.15, 0.2) is 6.61 Å². The van der Waals surface area contributed by atoms with E-state index in [0.717, 1.165) is 5.56 Å². The summed E-state index contributed by atoms with van der Waals surface area (Å²) in [7, 11) is -3.17. The predicted molar refractivity (Wildman–Crippen MR) is 90.8 cm³/mol. The van der Waals surface area contributed by atoms with Crippen LogP contribution >= 0.6 is 19.2 Å². The van der Waals surface area contributed by atoms with Gasteiger partial charge in [0.2, 0.25) is 0 Å². The molecule has 6 nitrogen and oxygen atoms in total. The first-order valence-electron chi connectivity index (χ1n) is 7.62. The molecule has 0 amide bonds. The van der Waals surface area contributed by atoms with E-state index in [-0.39, 0.29) is 24.8 Å². The second kappa shape index (κ2) is 7.87. The van der Waals surface area contributed by atoms with Crippen molar-refractivity contribution in [1.82, 2.24) is 0 Å². The van der Waals surface area contributed by atoms with E-state index in [4.69, 9.17) is 30.1 Å². The van der Waals surface area contributed by atoms with Crippen LogP contribution in [0.2, 0.25) is 5.02 Å². The summed E-state index contributed by atoms with van der Waals surface area (Å²) < 4.78 is 33.3. The maximum absolute atomic E-state index is 12.3. The standard InChI is InChI=1S/C16H22ClO6P/c1-12-8-13(17)4-5-14(12)21-9-15(18)20-6-7-24(19)22-10-16(2,3)11-23-24/h4-5,8H,6-7,9-11H2,1-3H3. The SMILES string of the molecule is Cc1cc(Cl)ccc1OCC(=O)OCCP1(=O)OCC(C)(C)CO1. The Labute approximate surface area is 146 Å². The van der Waals surface area contributed by atoms with Crippen molar-refractivity contribution in [1.29, 1.82) is 0 Å². The van der Waals surface area contributed by atoms with Gasteiger partial charge in [-0.2, -0.15) is 0 Å². The lowest BCUT2D eigenvalue weighted by molar-refractivity contribution is -0.145. The highest BCUT2D eigenvalue weighted by molar-refractivity contribution is 7.53. The highest BCUT2D eigenvalue weighted by Crippen LogP contribution is 2.53. The van der Waals surface area contributed by atoms with Gasteiger partial charge < -0.3 is 18.5 Å². The minimum absolute atomic E-state index is 0.0365. The Morgan fingerprint density at radius 3 is 2.62 bits per heavy atom. The van der Waals surface area contributed by atoms with Crippen LogP contribution in [-0.2, 0) is 23.1 Å². The molecule has 0 saturated carbocycles. The highest BCUT2D eigenvalue weighted by Gasteiger charge is 2.36. The molecule has 0 atom stereocenters. The number of carbonyl (C=O) groups is 1. The molecule has 2 rings (SSSR count). The third-order valence-corrected chi connectivity index (χ3v) is 5.43. The second-order valence-corrected chi connectivity index (χ2v) is 9.09. The van der Waals surface area contributed by atoms with Crippen molar-refractivity contribution in [2.24, 2.45) is 5.41 Å². The summed E-state index contributed by atoms with van der Waals surface area (Å²) in [5.74, 6) is 0.0126. The van der Waals surface area contributed by atoms with Gasteiger partial charge in [0, 0.05) is 10.4 Å².